The average Bonchev–Trinajstić information content (AvgIpc) is 2.87. The summed E-state index contributed by atoms with van der Waals surface area (Å²) in [4.78, 5) is 13.1. The fraction of sp³-hybridized carbons (Fsp3) is 0.296. The Balaban J connectivity index is 1.56. The van der Waals surface area contributed by atoms with Gasteiger partial charge in [-0.1, -0.05) is 29.8 Å². The summed E-state index contributed by atoms with van der Waals surface area (Å²) in [6.07, 6.45) is 4.53. The van der Waals surface area contributed by atoms with Crippen molar-refractivity contribution in [3.63, 3.8) is 0 Å². The van der Waals surface area contributed by atoms with Gasteiger partial charge in [0.25, 0.3) is 10.0 Å². The Hall–Kier alpha value is -3.03. The third kappa shape index (κ3) is 5.80. The summed E-state index contributed by atoms with van der Waals surface area (Å²) in [7, 11) is -2.51. The van der Waals surface area contributed by atoms with Crippen LogP contribution in [0.1, 0.15) is 42.5 Å². The molecule has 3 aromatic rings. The molecular formula is C27H29ClN2O4S. The van der Waals surface area contributed by atoms with Gasteiger partial charge in [-0.05, 0) is 97.8 Å². The minimum absolute atomic E-state index is 0.0591. The molecule has 1 atom stereocenters. The number of anilines is 1. The number of halogens is 1. The van der Waals surface area contributed by atoms with Crippen LogP contribution in [-0.2, 0) is 27.7 Å². The van der Waals surface area contributed by atoms with Crippen molar-refractivity contribution >= 4 is 33.2 Å². The smallest absolute Gasteiger partial charge is 0.264 e. The molecule has 3 aromatic carbocycles. The maximum absolute atomic E-state index is 13.5. The largest absolute Gasteiger partial charge is 0.497 e. The second-order valence-electron chi connectivity index (χ2n) is 8.69. The summed E-state index contributed by atoms with van der Waals surface area (Å²) in [6, 6.07) is 18.5. The van der Waals surface area contributed by atoms with Crippen LogP contribution in [0, 0.1) is 0 Å². The highest BCUT2D eigenvalue weighted by Gasteiger charge is 2.28. The summed E-state index contributed by atoms with van der Waals surface area (Å²) < 4.78 is 33.3. The van der Waals surface area contributed by atoms with Crippen molar-refractivity contribution in [2.75, 3.05) is 18.0 Å². The van der Waals surface area contributed by atoms with E-state index in [1.165, 1.54) is 43.2 Å². The molecule has 1 N–H and O–H groups in total. The Morgan fingerprint density at radius 2 is 1.66 bits per heavy atom. The molecular weight excluding hydrogens is 484 g/mol. The molecule has 0 unspecified atom stereocenters. The van der Waals surface area contributed by atoms with Gasteiger partial charge in [-0.15, -0.1) is 0 Å². The van der Waals surface area contributed by atoms with Crippen LogP contribution in [0.25, 0.3) is 0 Å². The van der Waals surface area contributed by atoms with Crippen molar-refractivity contribution in [1.82, 2.24) is 5.32 Å². The van der Waals surface area contributed by atoms with Gasteiger partial charge in [0.2, 0.25) is 5.91 Å². The Morgan fingerprint density at radius 3 is 2.31 bits per heavy atom. The molecule has 8 heteroatoms. The number of sulfonamides is 1. The van der Waals surface area contributed by atoms with Gasteiger partial charge in [0.1, 0.15) is 12.3 Å². The second-order valence-corrected chi connectivity index (χ2v) is 11.0. The van der Waals surface area contributed by atoms with Crippen LogP contribution in [0.15, 0.2) is 71.6 Å². The molecule has 0 heterocycles. The normalized spacial score (nSPS) is 14.0. The molecule has 0 bridgehead atoms. The van der Waals surface area contributed by atoms with Crippen molar-refractivity contribution < 1.29 is 17.9 Å². The zero-order chi connectivity index (χ0) is 25.0. The lowest BCUT2D eigenvalue weighted by Gasteiger charge is -2.25. The fourth-order valence-corrected chi connectivity index (χ4v) is 5.87. The molecule has 0 aliphatic heterocycles. The van der Waals surface area contributed by atoms with Crippen LogP contribution in [0.3, 0.4) is 0 Å². The molecule has 0 spiro atoms. The van der Waals surface area contributed by atoms with E-state index in [1.54, 1.807) is 36.4 Å². The number of aryl methyl sites for hydroxylation is 2. The molecule has 0 saturated carbocycles. The minimum Gasteiger partial charge on any atom is -0.497 e. The number of nitrogens with zero attached hydrogens (tertiary/aromatic N) is 1. The first-order valence-electron chi connectivity index (χ1n) is 11.6. The maximum atomic E-state index is 13.5. The summed E-state index contributed by atoms with van der Waals surface area (Å²) in [5.41, 5.74) is 4.06. The van der Waals surface area contributed by atoms with Crippen LogP contribution in [-0.4, -0.2) is 28.0 Å². The first-order valence-corrected chi connectivity index (χ1v) is 13.4. The molecule has 184 valence electrons. The van der Waals surface area contributed by atoms with E-state index in [4.69, 9.17) is 16.3 Å². The number of rotatable bonds is 8. The summed E-state index contributed by atoms with van der Waals surface area (Å²) in [6.45, 7) is 1.54. The van der Waals surface area contributed by atoms with E-state index >= 15 is 0 Å². The van der Waals surface area contributed by atoms with E-state index in [-0.39, 0.29) is 17.5 Å². The number of hydrogen-bond donors (Lipinski definition) is 1. The lowest BCUT2D eigenvalue weighted by molar-refractivity contribution is -0.120. The number of amides is 1. The standard InChI is InChI=1S/C27H29ClN2O4S/c1-19(21-8-7-20-5-3-4-6-22(20)17-21)29-27(31)18-30(24-11-9-23(28)10-12-24)35(32,33)26-15-13-25(34-2)14-16-26/h7-17,19H,3-6,18H2,1-2H3,(H,29,31)/t19-/m1/s1. The second kappa shape index (κ2) is 10.7. The van der Waals surface area contributed by atoms with Crippen LogP contribution in [0.2, 0.25) is 5.02 Å². The maximum Gasteiger partial charge on any atom is 0.264 e. The number of carbonyl (C=O) groups excluding carboxylic acids is 1. The highest BCUT2D eigenvalue weighted by Crippen LogP contribution is 2.27. The number of benzene rings is 3. The topological polar surface area (TPSA) is 75.7 Å². The van der Waals surface area contributed by atoms with E-state index < -0.39 is 15.9 Å². The van der Waals surface area contributed by atoms with E-state index in [1.807, 2.05) is 13.0 Å². The third-order valence-electron chi connectivity index (χ3n) is 6.30. The van der Waals surface area contributed by atoms with E-state index in [0.29, 0.717) is 16.5 Å². The molecule has 6 nitrogen and oxygen atoms in total. The predicted octanol–water partition coefficient (Wildman–Crippen LogP) is 5.30. The first kappa shape index (κ1) is 25.1. The van der Waals surface area contributed by atoms with Gasteiger partial charge in [-0.25, -0.2) is 8.42 Å². The van der Waals surface area contributed by atoms with Crippen LogP contribution < -0.4 is 14.4 Å². The monoisotopic (exact) mass is 512 g/mol. The lowest BCUT2D eigenvalue weighted by Crippen LogP contribution is -2.41. The molecule has 4 rings (SSSR count). The highest BCUT2D eigenvalue weighted by molar-refractivity contribution is 7.92. The zero-order valence-electron chi connectivity index (χ0n) is 19.8. The van der Waals surface area contributed by atoms with E-state index in [2.05, 4.69) is 17.4 Å². The SMILES string of the molecule is COc1ccc(S(=O)(=O)N(CC(=O)N[C@H](C)c2ccc3c(c2)CCCC3)c2ccc(Cl)cc2)cc1. The Bertz CT molecular complexity index is 1290. The molecule has 1 aliphatic carbocycles. The van der Waals surface area contributed by atoms with Crippen molar-refractivity contribution in [2.24, 2.45) is 0 Å². The highest BCUT2D eigenvalue weighted by atomic mass is 35.5. The summed E-state index contributed by atoms with van der Waals surface area (Å²) >= 11 is 6.01. The van der Waals surface area contributed by atoms with Crippen molar-refractivity contribution in [2.45, 2.75) is 43.5 Å². The van der Waals surface area contributed by atoms with Crippen molar-refractivity contribution in [3.8, 4) is 5.75 Å². The Kier molecular flexibility index (Phi) is 7.67. The third-order valence-corrected chi connectivity index (χ3v) is 8.34. The first-order chi connectivity index (χ1) is 16.8. The summed E-state index contributed by atoms with van der Waals surface area (Å²) in [5, 5.41) is 3.44. The van der Waals surface area contributed by atoms with Crippen LogP contribution in [0.5, 0.6) is 5.75 Å². The van der Waals surface area contributed by atoms with Gasteiger partial charge in [-0.3, -0.25) is 9.10 Å². The zero-order valence-corrected chi connectivity index (χ0v) is 21.4. The van der Waals surface area contributed by atoms with E-state index in [0.717, 1.165) is 22.7 Å². The minimum atomic E-state index is -4.03. The number of hydrogen-bond acceptors (Lipinski definition) is 4. The van der Waals surface area contributed by atoms with Gasteiger partial charge in [0.15, 0.2) is 0 Å². The Labute approximate surface area is 211 Å². The molecule has 0 saturated heterocycles. The van der Waals surface area contributed by atoms with Gasteiger partial charge in [0.05, 0.1) is 23.7 Å². The quantitative estimate of drug-likeness (QED) is 0.444. The van der Waals surface area contributed by atoms with Crippen molar-refractivity contribution in [1.29, 1.82) is 0 Å². The Morgan fingerprint density at radius 1 is 1.00 bits per heavy atom. The molecule has 1 amide bonds. The molecule has 0 fully saturated rings. The number of ether oxygens (including phenoxy) is 1. The van der Waals surface area contributed by atoms with Crippen molar-refractivity contribution in [3.05, 3.63) is 88.4 Å². The van der Waals surface area contributed by atoms with Crippen LogP contribution in [0.4, 0.5) is 5.69 Å². The number of carbonyl (C=O) groups is 1. The van der Waals surface area contributed by atoms with Gasteiger partial charge < -0.3 is 10.1 Å². The average molecular weight is 513 g/mol. The number of methoxy groups -OCH3 is 1. The molecule has 0 aromatic heterocycles. The fourth-order valence-electron chi connectivity index (χ4n) is 4.32. The van der Waals surface area contributed by atoms with Gasteiger partial charge >= 0.3 is 0 Å². The molecule has 35 heavy (non-hydrogen) atoms. The predicted molar refractivity (Wildman–Crippen MR) is 139 cm³/mol. The van der Waals surface area contributed by atoms with Crippen LogP contribution >= 0.6 is 11.6 Å². The summed E-state index contributed by atoms with van der Waals surface area (Å²) in [5.74, 6) is 0.140. The molecule has 0 radical (unpaired) electrons. The lowest BCUT2D eigenvalue weighted by atomic mass is 9.89. The van der Waals surface area contributed by atoms with E-state index in [9.17, 15) is 13.2 Å². The van der Waals surface area contributed by atoms with Gasteiger partial charge in [-0.2, -0.15) is 0 Å². The number of nitrogens with one attached hydrogen (secondary N) is 1. The van der Waals surface area contributed by atoms with Gasteiger partial charge in [0, 0.05) is 5.02 Å². The number of fused-ring (bicyclic) bond motifs is 1. The molecule has 1 aliphatic rings.